The first kappa shape index (κ1) is 16.2. The van der Waals surface area contributed by atoms with Crippen LogP contribution in [0, 0.1) is 0 Å². The molecule has 7 nitrogen and oxygen atoms in total. The minimum atomic E-state index is -0.288. The van der Waals surface area contributed by atoms with Crippen molar-refractivity contribution in [3.05, 3.63) is 36.4 Å². The Labute approximate surface area is 130 Å². The van der Waals surface area contributed by atoms with Crippen LogP contribution >= 0.6 is 0 Å². The van der Waals surface area contributed by atoms with E-state index in [4.69, 9.17) is 4.74 Å². The van der Waals surface area contributed by atoms with E-state index in [2.05, 4.69) is 10.2 Å². The van der Waals surface area contributed by atoms with Gasteiger partial charge < -0.3 is 9.64 Å². The molecule has 120 valence electrons. The summed E-state index contributed by atoms with van der Waals surface area (Å²) in [6.07, 6.45) is 7.90. The minimum absolute atomic E-state index is 0.0482. The molecule has 0 spiro atoms. The highest BCUT2D eigenvalue weighted by molar-refractivity contribution is 5.80. The Bertz CT molecular complexity index is 579. The van der Waals surface area contributed by atoms with Gasteiger partial charge in [0.25, 0.3) is 0 Å². The second kappa shape index (κ2) is 7.74. The van der Waals surface area contributed by atoms with E-state index in [9.17, 15) is 4.79 Å². The number of aromatic nitrogens is 4. The van der Waals surface area contributed by atoms with Gasteiger partial charge in [-0.3, -0.25) is 14.2 Å². The van der Waals surface area contributed by atoms with Crippen molar-refractivity contribution in [2.75, 3.05) is 20.3 Å². The van der Waals surface area contributed by atoms with Crippen LogP contribution in [0.25, 0.3) is 0 Å². The lowest BCUT2D eigenvalue weighted by Gasteiger charge is -2.26. The van der Waals surface area contributed by atoms with Gasteiger partial charge in [0.05, 0.1) is 12.8 Å². The number of methoxy groups -OCH3 is 1. The Hall–Kier alpha value is -2.15. The molecule has 0 saturated carbocycles. The Balaban J connectivity index is 2.14. The molecule has 0 aliphatic heterocycles. The lowest BCUT2D eigenvalue weighted by molar-refractivity contribution is -0.136. The van der Waals surface area contributed by atoms with E-state index in [1.165, 1.54) is 0 Å². The number of ether oxygens (including phenoxy) is 1. The highest BCUT2D eigenvalue weighted by Crippen LogP contribution is 2.16. The average molecular weight is 305 g/mol. The number of carbonyl (C=O) groups is 1. The predicted molar refractivity (Wildman–Crippen MR) is 82.1 cm³/mol. The molecule has 0 bridgehead atoms. The molecule has 0 unspecified atom stereocenters. The summed E-state index contributed by atoms with van der Waals surface area (Å²) in [6, 6.07) is 1.54. The first-order chi connectivity index (χ1) is 10.7. The van der Waals surface area contributed by atoms with Crippen LogP contribution in [0.4, 0.5) is 0 Å². The molecule has 0 aliphatic carbocycles. The van der Waals surface area contributed by atoms with E-state index in [0.717, 1.165) is 5.56 Å². The first-order valence-electron chi connectivity index (χ1n) is 7.40. The maximum atomic E-state index is 12.9. The molecule has 2 heterocycles. The zero-order chi connectivity index (χ0) is 15.9. The second-order valence-electron chi connectivity index (χ2n) is 5.18. The van der Waals surface area contributed by atoms with Crippen LogP contribution in [-0.2, 0) is 23.1 Å². The molecule has 0 N–H and O–H groups in total. The highest BCUT2D eigenvalue weighted by Gasteiger charge is 2.25. The van der Waals surface area contributed by atoms with Gasteiger partial charge in [0, 0.05) is 51.4 Å². The van der Waals surface area contributed by atoms with Crippen LogP contribution in [0.15, 0.2) is 30.9 Å². The molecule has 1 atom stereocenters. The SMILES string of the molecule is CC[C@@H](C(=O)N(CCOC)Cc1cnn(C)c1)n1cccn1. The third kappa shape index (κ3) is 3.94. The predicted octanol–water partition coefficient (Wildman–Crippen LogP) is 1.24. The van der Waals surface area contributed by atoms with Crippen molar-refractivity contribution in [2.24, 2.45) is 7.05 Å². The minimum Gasteiger partial charge on any atom is -0.383 e. The van der Waals surface area contributed by atoms with Crippen LogP contribution in [0.5, 0.6) is 0 Å². The number of rotatable bonds is 8. The molecule has 2 rings (SSSR count). The smallest absolute Gasteiger partial charge is 0.247 e. The van der Waals surface area contributed by atoms with E-state index >= 15 is 0 Å². The summed E-state index contributed by atoms with van der Waals surface area (Å²) in [5.74, 6) is 0.0482. The van der Waals surface area contributed by atoms with Crippen LogP contribution in [0.2, 0.25) is 0 Å². The maximum absolute atomic E-state index is 12.9. The number of amides is 1. The first-order valence-corrected chi connectivity index (χ1v) is 7.40. The number of aryl methyl sites for hydroxylation is 1. The van der Waals surface area contributed by atoms with E-state index in [1.807, 2.05) is 32.4 Å². The summed E-state index contributed by atoms with van der Waals surface area (Å²) in [5.41, 5.74) is 1.00. The van der Waals surface area contributed by atoms with Crippen molar-refractivity contribution in [3.8, 4) is 0 Å². The van der Waals surface area contributed by atoms with Gasteiger partial charge in [-0.2, -0.15) is 10.2 Å². The Morgan fingerprint density at radius 3 is 2.82 bits per heavy atom. The summed E-state index contributed by atoms with van der Waals surface area (Å²) in [4.78, 5) is 14.7. The topological polar surface area (TPSA) is 65.2 Å². The van der Waals surface area contributed by atoms with Crippen LogP contribution in [-0.4, -0.2) is 50.6 Å². The maximum Gasteiger partial charge on any atom is 0.247 e. The molecule has 0 saturated heterocycles. The van der Waals surface area contributed by atoms with Crippen molar-refractivity contribution in [1.82, 2.24) is 24.5 Å². The molecule has 0 radical (unpaired) electrons. The number of hydrogen-bond acceptors (Lipinski definition) is 4. The number of carbonyl (C=O) groups excluding carboxylic acids is 1. The summed E-state index contributed by atoms with van der Waals surface area (Å²) in [7, 11) is 3.50. The molecule has 22 heavy (non-hydrogen) atoms. The lowest BCUT2D eigenvalue weighted by Crippen LogP contribution is -2.38. The third-order valence-corrected chi connectivity index (χ3v) is 3.52. The van der Waals surface area contributed by atoms with Crippen LogP contribution in [0.3, 0.4) is 0 Å². The molecular formula is C15H23N5O2. The van der Waals surface area contributed by atoms with Gasteiger partial charge in [-0.05, 0) is 12.5 Å². The summed E-state index contributed by atoms with van der Waals surface area (Å²) in [5, 5.41) is 8.36. The molecule has 0 aromatic carbocycles. The van der Waals surface area contributed by atoms with Crippen LogP contribution in [0.1, 0.15) is 24.9 Å². The summed E-state index contributed by atoms with van der Waals surface area (Å²) >= 11 is 0. The lowest BCUT2D eigenvalue weighted by atomic mass is 10.2. The summed E-state index contributed by atoms with van der Waals surface area (Å²) < 4.78 is 8.58. The van der Waals surface area contributed by atoms with Crippen molar-refractivity contribution < 1.29 is 9.53 Å². The fraction of sp³-hybridized carbons (Fsp3) is 0.533. The van der Waals surface area contributed by atoms with Crippen molar-refractivity contribution in [3.63, 3.8) is 0 Å². The molecule has 0 fully saturated rings. The van der Waals surface area contributed by atoms with E-state index in [0.29, 0.717) is 26.1 Å². The highest BCUT2D eigenvalue weighted by atomic mass is 16.5. The van der Waals surface area contributed by atoms with Crippen molar-refractivity contribution in [1.29, 1.82) is 0 Å². The second-order valence-corrected chi connectivity index (χ2v) is 5.18. The normalized spacial score (nSPS) is 12.3. The fourth-order valence-electron chi connectivity index (χ4n) is 2.39. The molecule has 1 amide bonds. The Kier molecular flexibility index (Phi) is 5.71. The van der Waals surface area contributed by atoms with Crippen molar-refractivity contribution in [2.45, 2.75) is 25.9 Å². The van der Waals surface area contributed by atoms with E-state index < -0.39 is 0 Å². The van der Waals surface area contributed by atoms with Gasteiger partial charge in [-0.15, -0.1) is 0 Å². The zero-order valence-electron chi connectivity index (χ0n) is 13.3. The van der Waals surface area contributed by atoms with Gasteiger partial charge in [0.2, 0.25) is 5.91 Å². The molecule has 0 aliphatic rings. The van der Waals surface area contributed by atoms with Gasteiger partial charge in [0.15, 0.2) is 0 Å². The zero-order valence-corrected chi connectivity index (χ0v) is 13.3. The number of hydrogen-bond donors (Lipinski definition) is 0. The van der Waals surface area contributed by atoms with E-state index in [-0.39, 0.29) is 11.9 Å². The van der Waals surface area contributed by atoms with Gasteiger partial charge >= 0.3 is 0 Å². The summed E-state index contributed by atoms with van der Waals surface area (Å²) in [6.45, 7) is 3.56. The largest absolute Gasteiger partial charge is 0.383 e. The third-order valence-electron chi connectivity index (χ3n) is 3.52. The van der Waals surface area contributed by atoms with Gasteiger partial charge in [-0.1, -0.05) is 6.92 Å². The molecule has 2 aromatic rings. The van der Waals surface area contributed by atoms with E-state index in [1.54, 1.807) is 33.8 Å². The van der Waals surface area contributed by atoms with Gasteiger partial charge in [0.1, 0.15) is 6.04 Å². The monoisotopic (exact) mass is 305 g/mol. The van der Waals surface area contributed by atoms with Crippen LogP contribution < -0.4 is 0 Å². The Morgan fingerprint density at radius 2 is 2.27 bits per heavy atom. The fourth-order valence-corrected chi connectivity index (χ4v) is 2.39. The molecule has 2 aromatic heterocycles. The quantitative estimate of drug-likeness (QED) is 0.736. The Morgan fingerprint density at radius 1 is 1.45 bits per heavy atom. The standard InChI is InChI=1S/C15H23N5O2/c1-4-14(20-7-5-6-16-20)15(21)19(8-9-22-3)12-13-10-17-18(2)11-13/h5-7,10-11,14H,4,8-9,12H2,1-3H3/t14-/m0/s1. The van der Waals surface area contributed by atoms with Gasteiger partial charge in [-0.25, -0.2) is 0 Å². The average Bonchev–Trinajstić information content (AvgIpc) is 3.16. The number of nitrogens with zero attached hydrogens (tertiary/aromatic N) is 5. The molecular weight excluding hydrogens is 282 g/mol. The van der Waals surface area contributed by atoms with Crippen molar-refractivity contribution >= 4 is 5.91 Å². The molecule has 7 heteroatoms.